The highest BCUT2D eigenvalue weighted by Crippen LogP contribution is 2.45. The Labute approximate surface area is 225 Å². The van der Waals surface area contributed by atoms with Gasteiger partial charge >= 0.3 is 0 Å². The molecule has 0 bridgehead atoms. The summed E-state index contributed by atoms with van der Waals surface area (Å²) in [5.74, 6) is -3.83. The zero-order valence-corrected chi connectivity index (χ0v) is 22.0. The topological polar surface area (TPSA) is 199 Å². The second-order valence-electron chi connectivity index (χ2n) is 11.7. The number of imide groups is 1. The SMILES string of the molecule is CC1(C)CCCc2cccc(C(=O)NC3CN4C(N)=N[C@@H](CN5C(=O)CCC5=O)C5N=C(N)NC54C3(O)O)c21. The van der Waals surface area contributed by atoms with E-state index in [1.807, 2.05) is 12.1 Å². The lowest BCUT2D eigenvalue weighted by Gasteiger charge is -2.49. The Kier molecular flexibility index (Phi) is 5.50. The molecular formula is C26H34N8O5. The molecule has 208 valence electrons. The predicted octanol–water partition coefficient (Wildman–Crippen LogP) is -1.78. The molecular weight excluding hydrogens is 504 g/mol. The number of aryl methyl sites for hydroxylation is 1. The molecule has 4 atom stereocenters. The highest BCUT2D eigenvalue weighted by Gasteiger charge is 2.73. The van der Waals surface area contributed by atoms with E-state index in [1.165, 1.54) is 4.90 Å². The van der Waals surface area contributed by atoms with Gasteiger partial charge in [0.2, 0.25) is 17.6 Å². The maximum Gasteiger partial charge on any atom is 0.252 e. The molecule has 3 amide bonds. The van der Waals surface area contributed by atoms with Gasteiger partial charge in [0.05, 0.1) is 12.6 Å². The second-order valence-corrected chi connectivity index (χ2v) is 11.7. The molecule has 1 aliphatic carbocycles. The van der Waals surface area contributed by atoms with Crippen molar-refractivity contribution in [3.63, 3.8) is 0 Å². The molecule has 3 unspecified atom stereocenters. The van der Waals surface area contributed by atoms with Gasteiger partial charge < -0.3 is 37.2 Å². The molecule has 4 aliphatic heterocycles. The van der Waals surface area contributed by atoms with Gasteiger partial charge in [-0.3, -0.25) is 19.3 Å². The number of carbonyl (C=O) groups is 3. The number of guanidine groups is 2. The van der Waals surface area contributed by atoms with Crippen LogP contribution in [0.3, 0.4) is 0 Å². The molecule has 6 rings (SSSR count). The van der Waals surface area contributed by atoms with Crippen molar-refractivity contribution in [2.75, 3.05) is 13.1 Å². The second kappa shape index (κ2) is 8.39. The molecule has 13 heteroatoms. The minimum Gasteiger partial charge on any atom is -0.370 e. The Hall–Kier alpha value is -3.71. The van der Waals surface area contributed by atoms with Gasteiger partial charge in [0.25, 0.3) is 5.91 Å². The molecule has 1 spiro atoms. The van der Waals surface area contributed by atoms with Crippen LogP contribution in [0.1, 0.15) is 61.0 Å². The molecule has 13 nitrogen and oxygen atoms in total. The normalized spacial score (nSPS) is 32.2. The van der Waals surface area contributed by atoms with E-state index in [0.29, 0.717) is 5.56 Å². The van der Waals surface area contributed by atoms with Crippen LogP contribution in [0.5, 0.6) is 0 Å². The average molecular weight is 539 g/mol. The van der Waals surface area contributed by atoms with Crippen LogP contribution >= 0.6 is 0 Å². The van der Waals surface area contributed by atoms with E-state index < -0.39 is 35.5 Å². The number of likely N-dealkylation sites (tertiary alicyclic amines) is 1. The van der Waals surface area contributed by atoms with Crippen molar-refractivity contribution < 1.29 is 24.6 Å². The number of benzene rings is 1. The van der Waals surface area contributed by atoms with Gasteiger partial charge in [0.1, 0.15) is 12.1 Å². The van der Waals surface area contributed by atoms with Gasteiger partial charge in [-0.15, -0.1) is 0 Å². The fraction of sp³-hybridized carbons (Fsp3) is 0.577. The van der Waals surface area contributed by atoms with Crippen LogP contribution in [0, 0.1) is 0 Å². The number of nitrogens with zero attached hydrogens (tertiary/aromatic N) is 4. The fourth-order valence-corrected chi connectivity index (χ4v) is 7.13. The van der Waals surface area contributed by atoms with E-state index in [1.54, 1.807) is 6.07 Å². The average Bonchev–Trinajstić information content (AvgIpc) is 3.46. The minimum atomic E-state index is -2.61. The first-order chi connectivity index (χ1) is 18.4. The molecule has 4 heterocycles. The molecule has 8 N–H and O–H groups in total. The number of hydrogen-bond donors (Lipinski definition) is 6. The van der Waals surface area contributed by atoms with E-state index in [4.69, 9.17) is 11.5 Å². The van der Waals surface area contributed by atoms with Crippen molar-refractivity contribution >= 4 is 29.6 Å². The third kappa shape index (κ3) is 3.55. The van der Waals surface area contributed by atoms with Gasteiger partial charge in [0, 0.05) is 24.9 Å². The molecule has 1 aromatic carbocycles. The van der Waals surface area contributed by atoms with Gasteiger partial charge in [-0.25, -0.2) is 9.98 Å². The molecule has 0 aromatic heterocycles. The first kappa shape index (κ1) is 25.6. The van der Waals surface area contributed by atoms with Crippen LogP contribution in [-0.2, 0) is 21.4 Å². The third-order valence-corrected chi connectivity index (χ3v) is 8.95. The monoisotopic (exact) mass is 538 g/mol. The van der Waals surface area contributed by atoms with Crippen LogP contribution in [-0.4, -0.2) is 92.3 Å². The summed E-state index contributed by atoms with van der Waals surface area (Å²) >= 11 is 0. The highest BCUT2D eigenvalue weighted by atomic mass is 16.5. The Morgan fingerprint density at radius 3 is 2.59 bits per heavy atom. The van der Waals surface area contributed by atoms with E-state index >= 15 is 0 Å². The Morgan fingerprint density at radius 2 is 1.87 bits per heavy atom. The van der Waals surface area contributed by atoms with Crippen LogP contribution < -0.4 is 22.1 Å². The predicted molar refractivity (Wildman–Crippen MR) is 140 cm³/mol. The number of rotatable bonds is 4. The van der Waals surface area contributed by atoms with E-state index in [9.17, 15) is 24.6 Å². The lowest BCUT2D eigenvalue weighted by atomic mass is 9.70. The zero-order chi connectivity index (χ0) is 27.9. The number of aliphatic hydroxyl groups is 2. The summed E-state index contributed by atoms with van der Waals surface area (Å²) in [6, 6.07) is 2.54. The van der Waals surface area contributed by atoms with Crippen LogP contribution in [0.25, 0.3) is 0 Å². The maximum absolute atomic E-state index is 13.7. The summed E-state index contributed by atoms with van der Waals surface area (Å²) in [4.78, 5) is 49.7. The number of amides is 3. The quantitative estimate of drug-likeness (QED) is 0.190. The van der Waals surface area contributed by atoms with Crippen molar-refractivity contribution in [1.29, 1.82) is 0 Å². The molecule has 0 radical (unpaired) electrons. The lowest BCUT2D eigenvalue weighted by molar-refractivity contribution is -0.230. The molecule has 1 aromatic rings. The van der Waals surface area contributed by atoms with Gasteiger partial charge in [-0.1, -0.05) is 26.0 Å². The molecule has 5 aliphatic rings. The number of nitrogens with one attached hydrogen (secondary N) is 2. The largest absolute Gasteiger partial charge is 0.370 e. The molecule has 0 saturated carbocycles. The molecule has 2 fully saturated rings. The van der Waals surface area contributed by atoms with Crippen molar-refractivity contribution in [2.24, 2.45) is 21.5 Å². The van der Waals surface area contributed by atoms with Crippen molar-refractivity contribution in [1.82, 2.24) is 20.4 Å². The highest BCUT2D eigenvalue weighted by molar-refractivity contribution is 6.02. The van der Waals surface area contributed by atoms with Crippen LogP contribution in [0.15, 0.2) is 28.2 Å². The van der Waals surface area contributed by atoms with E-state index in [-0.39, 0.29) is 55.1 Å². The minimum absolute atomic E-state index is 0.0461. The van der Waals surface area contributed by atoms with E-state index in [2.05, 4.69) is 34.5 Å². The van der Waals surface area contributed by atoms with E-state index in [0.717, 1.165) is 35.3 Å². The Bertz CT molecular complexity index is 1320. The number of nitrogens with two attached hydrogens (primary N) is 2. The van der Waals surface area contributed by atoms with Gasteiger partial charge in [-0.05, 0) is 41.9 Å². The summed E-state index contributed by atoms with van der Waals surface area (Å²) in [7, 11) is 0. The summed E-state index contributed by atoms with van der Waals surface area (Å²) in [5.41, 5.74) is 13.0. The zero-order valence-electron chi connectivity index (χ0n) is 22.0. The summed E-state index contributed by atoms with van der Waals surface area (Å²) in [6.45, 7) is 4.00. The summed E-state index contributed by atoms with van der Waals surface area (Å²) in [6.07, 6.45) is 3.06. The van der Waals surface area contributed by atoms with Crippen molar-refractivity contribution in [3.8, 4) is 0 Å². The standard InChI is InChI=1S/C26H34N8O5/c1-24(2)10-4-6-13-5-3-7-14(19(13)24)21(37)30-16-12-34-23(28)29-15(11-33-17(35)8-9-18(33)36)20-25(34,26(16,38)39)32-22(27)31-20/h3,5,7,15-16,20,38-39H,4,6,8-12H2,1-2H3,(H2,28,29)(H,30,37)(H3,27,31,32)/t15-,16?,20?,25?/m0/s1. The first-order valence-corrected chi connectivity index (χ1v) is 13.3. The Morgan fingerprint density at radius 1 is 1.15 bits per heavy atom. The first-order valence-electron chi connectivity index (χ1n) is 13.3. The van der Waals surface area contributed by atoms with Crippen LogP contribution in [0.2, 0.25) is 0 Å². The van der Waals surface area contributed by atoms with Crippen LogP contribution in [0.4, 0.5) is 0 Å². The number of aliphatic imine (C=N–C) groups is 2. The van der Waals surface area contributed by atoms with Crippen molar-refractivity contribution in [2.45, 2.75) is 80.9 Å². The van der Waals surface area contributed by atoms with Crippen molar-refractivity contribution in [3.05, 3.63) is 34.9 Å². The lowest BCUT2D eigenvalue weighted by Crippen LogP contribution is -2.78. The maximum atomic E-state index is 13.7. The number of carbonyl (C=O) groups excluding carboxylic acids is 3. The van der Waals surface area contributed by atoms with Gasteiger partial charge in [0.15, 0.2) is 17.6 Å². The fourth-order valence-electron chi connectivity index (χ4n) is 7.13. The number of fused-ring (bicyclic) bond motifs is 1. The summed E-state index contributed by atoms with van der Waals surface area (Å²) < 4.78 is 0. The molecule has 39 heavy (non-hydrogen) atoms. The number of hydrogen-bond acceptors (Lipinski definition) is 11. The Balaban J connectivity index is 1.33. The van der Waals surface area contributed by atoms with Gasteiger partial charge in [-0.2, -0.15) is 0 Å². The molecule has 2 saturated heterocycles. The smallest absolute Gasteiger partial charge is 0.252 e. The third-order valence-electron chi connectivity index (χ3n) is 8.95. The summed E-state index contributed by atoms with van der Waals surface area (Å²) in [5, 5.41) is 29.2.